The SMILES string of the molecule is C=CCOC(=O)C1=C(C)N=C2SC=C(CC(=O)NCC)N2C1c1ccccc1C. The number of carbonyl (C=O) groups excluding carboxylic acids is 2. The summed E-state index contributed by atoms with van der Waals surface area (Å²) >= 11 is 1.47. The number of benzene rings is 1. The smallest absolute Gasteiger partial charge is 0.338 e. The summed E-state index contributed by atoms with van der Waals surface area (Å²) < 4.78 is 5.38. The lowest BCUT2D eigenvalue weighted by atomic mass is 9.91. The van der Waals surface area contributed by atoms with Crippen LogP contribution in [0.25, 0.3) is 0 Å². The lowest BCUT2D eigenvalue weighted by molar-refractivity contribution is -0.138. The third-order valence-electron chi connectivity index (χ3n) is 4.75. The number of esters is 1. The van der Waals surface area contributed by atoms with Crippen molar-refractivity contribution < 1.29 is 14.3 Å². The topological polar surface area (TPSA) is 71.0 Å². The molecule has 2 aliphatic heterocycles. The summed E-state index contributed by atoms with van der Waals surface area (Å²) in [5.41, 5.74) is 3.95. The van der Waals surface area contributed by atoms with Crippen molar-refractivity contribution >= 4 is 28.8 Å². The molecular formula is C22H25N3O3S. The van der Waals surface area contributed by atoms with Gasteiger partial charge < -0.3 is 15.0 Å². The van der Waals surface area contributed by atoms with Crippen molar-refractivity contribution in [3.63, 3.8) is 0 Å². The second kappa shape index (κ2) is 9.13. The summed E-state index contributed by atoms with van der Waals surface area (Å²) in [5.74, 6) is -0.487. The maximum atomic E-state index is 13.0. The van der Waals surface area contributed by atoms with Gasteiger partial charge >= 0.3 is 5.97 Å². The number of aryl methyl sites for hydroxylation is 1. The average molecular weight is 412 g/mol. The summed E-state index contributed by atoms with van der Waals surface area (Å²) in [4.78, 5) is 31.8. The van der Waals surface area contributed by atoms with Gasteiger partial charge in [0.2, 0.25) is 5.91 Å². The van der Waals surface area contributed by atoms with Crippen molar-refractivity contribution in [2.75, 3.05) is 13.2 Å². The highest BCUT2D eigenvalue weighted by Crippen LogP contribution is 2.45. The Morgan fingerprint density at radius 3 is 2.79 bits per heavy atom. The second-order valence-electron chi connectivity index (χ2n) is 6.77. The van der Waals surface area contributed by atoms with Gasteiger partial charge in [-0.1, -0.05) is 48.7 Å². The first-order valence-corrected chi connectivity index (χ1v) is 10.4. The molecule has 152 valence electrons. The molecule has 1 N–H and O–H groups in total. The zero-order valence-corrected chi connectivity index (χ0v) is 17.7. The standard InChI is InChI=1S/C22H25N3O3S/c1-5-11-28-21(27)19-15(4)24-22-25(16(13-29-22)12-18(26)23-6-2)20(19)17-10-8-7-9-14(17)3/h5,7-10,13,20H,1,6,11-12H2,2-4H3,(H,23,26). The predicted molar refractivity (Wildman–Crippen MR) is 116 cm³/mol. The Morgan fingerprint density at radius 2 is 2.10 bits per heavy atom. The van der Waals surface area contributed by atoms with Crippen LogP contribution in [0.4, 0.5) is 0 Å². The number of allylic oxidation sites excluding steroid dienone is 1. The molecule has 7 heteroatoms. The molecule has 29 heavy (non-hydrogen) atoms. The first-order valence-electron chi connectivity index (χ1n) is 9.52. The van der Waals surface area contributed by atoms with Crippen LogP contribution in [0.5, 0.6) is 0 Å². The number of fused-ring (bicyclic) bond motifs is 1. The van der Waals surface area contributed by atoms with E-state index in [1.165, 1.54) is 11.8 Å². The molecule has 1 aromatic carbocycles. The second-order valence-corrected chi connectivity index (χ2v) is 7.60. The van der Waals surface area contributed by atoms with Crippen LogP contribution in [0.2, 0.25) is 0 Å². The lowest BCUT2D eigenvalue weighted by Crippen LogP contribution is -2.38. The fraction of sp³-hybridized carbons (Fsp3) is 0.318. The maximum Gasteiger partial charge on any atom is 0.338 e. The minimum absolute atomic E-state index is 0.0637. The zero-order chi connectivity index (χ0) is 21.0. The summed E-state index contributed by atoms with van der Waals surface area (Å²) in [6.07, 6.45) is 1.76. The number of amidine groups is 1. The van der Waals surface area contributed by atoms with Gasteiger partial charge in [-0.3, -0.25) is 4.79 Å². The molecule has 0 aliphatic carbocycles. The molecule has 6 nitrogen and oxygen atoms in total. The number of nitrogens with zero attached hydrogens (tertiary/aromatic N) is 2. The van der Waals surface area contributed by atoms with Gasteiger partial charge in [0.25, 0.3) is 0 Å². The van der Waals surface area contributed by atoms with Gasteiger partial charge in [-0.05, 0) is 37.3 Å². The van der Waals surface area contributed by atoms with Gasteiger partial charge in [0.15, 0.2) is 5.17 Å². The number of ether oxygens (including phenoxy) is 1. The largest absolute Gasteiger partial charge is 0.458 e. The number of rotatable bonds is 7. The van der Waals surface area contributed by atoms with Crippen molar-refractivity contribution in [3.8, 4) is 0 Å². The molecule has 1 atom stereocenters. The molecule has 2 heterocycles. The van der Waals surface area contributed by atoms with Crippen LogP contribution >= 0.6 is 11.8 Å². The highest BCUT2D eigenvalue weighted by atomic mass is 32.2. The van der Waals surface area contributed by atoms with E-state index in [1.807, 2.05) is 55.3 Å². The van der Waals surface area contributed by atoms with E-state index >= 15 is 0 Å². The minimum Gasteiger partial charge on any atom is -0.458 e. The van der Waals surface area contributed by atoms with Crippen molar-refractivity contribution in [2.24, 2.45) is 4.99 Å². The minimum atomic E-state index is -0.423. The number of hydrogen-bond acceptors (Lipinski definition) is 6. The van der Waals surface area contributed by atoms with E-state index in [1.54, 1.807) is 6.08 Å². The van der Waals surface area contributed by atoms with Crippen LogP contribution in [0.15, 0.2) is 64.3 Å². The molecule has 1 amide bonds. The van der Waals surface area contributed by atoms with E-state index in [4.69, 9.17) is 4.74 Å². The van der Waals surface area contributed by atoms with Gasteiger partial charge in [0, 0.05) is 12.2 Å². The van der Waals surface area contributed by atoms with Gasteiger partial charge in [-0.25, -0.2) is 9.79 Å². The number of carbonyl (C=O) groups is 2. The first-order chi connectivity index (χ1) is 14.0. The van der Waals surface area contributed by atoms with Crippen molar-refractivity contribution in [1.82, 2.24) is 10.2 Å². The molecule has 0 fully saturated rings. The Bertz CT molecular complexity index is 933. The van der Waals surface area contributed by atoms with Crippen LogP contribution in [-0.2, 0) is 14.3 Å². The van der Waals surface area contributed by atoms with Crippen LogP contribution in [0.3, 0.4) is 0 Å². The number of nitrogens with one attached hydrogen (secondary N) is 1. The van der Waals surface area contributed by atoms with E-state index < -0.39 is 12.0 Å². The molecule has 0 bridgehead atoms. The molecule has 1 aromatic rings. The Morgan fingerprint density at radius 1 is 1.34 bits per heavy atom. The molecule has 3 rings (SSSR count). The molecule has 2 aliphatic rings. The van der Waals surface area contributed by atoms with Gasteiger partial charge in [0.05, 0.1) is 23.7 Å². The Hall–Kier alpha value is -2.80. The highest BCUT2D eigenvalue weighted by Gasteiger charge is 2.41. The number of aliphatic imine (C=N–C) groups is 1. The quantitative estimate of drug-likeness (QED) is 0.545. The normalized spacial score (nSPS) is 18.0. The van der Waals surface area contributed by atoms with Crippen LogP contribution < -0.4 is 5.32 Å². The molecule has 0 radical (unpaired) electrons. The van der Waals surface area contributed by atoms with Crippen LogP contribution in [-0.4, -0.2) is 35.1 Å². The van der Waals surface area contributed by atoms with Crippen LogP contribution in [0, 0.1) is 6.92 Å². The monoisotopic (exact) mass is 411 g/mol. The van der Waals surface area contributed by atoms with Crippen LogP contribution in [0.1, 0.15) is 37.4 Å². The summed E-state index contributed by atoms with van der Waals surface area (Å²) in [5, 5.41) is 5.53. The lowest BCUT2D eigenvalue weighted by Gasteiger charge is -2.37. The van der Waals surface area contributed by atoms with Crippen molar-refractivity contribution in [1.29, 1.82) is 0 Å². The molecule has 0 aromatic heterocycles. The Kier molecular flexibility index (Phi) is 6.59. The Balaban J connectivity index is 2.07. The number of thioether (sulfide) groups is 1. The first kappa shape index (κ1) is 20.9. The maximum absolute atomic E-state index is 13.0. The molecular weight excluding hydrogens is 386 g/mol. The number of amides is 1. The molecule has 0 saturated heterocycles. The summed E-state index contributed by atoms with van der Waals surface area (Å²) in [6.45, 7) is 10.0. The predicted octanol–water partition coefficient (Wildman–Crippen LogP) is 3.83. The Labute approximate surface area is 175 Å². The third kappa shape index (κ3) is 4.29. The van der Waals surface area contributed by atoms with Crippen molar-refractivity contribution in [2.45, 2.75) is 33.2 Å². The fourth-order valence-electron chi connectivity index (χ4n) is 3.46. The number of hydrogen-bond donors (Lipinski definition) is 1. The van der Waals surface area contributed by atoms with E-state index in [0.717, 1.165) is 22.0 Å². The molecule has 0 saturated carbocycles. The fourth-order valence-corrected chi connectivity index (χ4v) is 4.42. The summed E-state index contributed by atoms with van der Waals surface area (Å²) in [6, 6.07) is 7.53. The van der Waals surface area contributed by atoms with Gasteiger partial charge in [-0.2, -0.15) is 0 Å². The van der Waals surface area contributed by atoms with E-state index in [0.29, 0.717) is 17.8 Å². The van der Waals surface area contributed by atoms with Gasteiger partial charge in [0.1, 0.15) is 6.61 Å². The highest BCUT2D eigenvalue weighted by molar-refractivity contribution is 8.16. The zero-order valence-electron chi connectivity index (χ0n) is 16.9. The molecule has 1 unspecified atom stereocenters. The average Bonchev–Trinajstić information content (AvgIpc) is 3.07. The molecule has 0 spiro atoms. The van der Waals surface area contributed by atoms with E-state index in [9.17, 15) is 9.59 Å². The third-order valence-corrected chi connectivity index (χ3v) is 5.64. The summed E-state index contributed by atoms with van der Waals surface area (Å²) in [7, 11) is 0. The van der Waals surface area contributed by atoms with E-state index in [2.05, 4.69) is 16.9 Å². The van der Waals surface area contributed by atoms with Gasteiger partial charge in [-0.15, -0.1) is 0 Å². The van der Waals surface area contributed by atoms with E-state index in [-0.39, 0.29) is 18.9 Å². The van der Waals surface area contributed by atoms with Crippen molar-refractivity contribution in [3.05, 3.63) is 70.4 Å².